The van der Waals surface area contributed by atoms with Crippen LogP contribution in [0.4, 0.5) is 5.69 Å². The predicted octanol–water partition coefficient (Wildman–Crippen LogP) is 5.84. The van der Waals surface area contributed by atoms with Gasteiger partial charge in [0, 0.05) is 15.7 Å². The third kappa shape index (κ3) is 4.14. The molecule has 1 N–H and O–H groups in total. The Hall–Kier alpha value is -2.42. The SMILES string of the molecule is COc1ccc(Br)cc1S(=O)(=O)Nc1ccc(-c2nc3ccc(C)cc3s2)cc1. The molecule has 0 saturated heterocycles. The highest BCUT2D eigenvalue weighted by atomic mass is 79.9. The van der Waals surface area contributed by atoms with E-state index in [9.17, 15) is 8.42 Å². The van der Waals surface area contributed by atoms with Gasteiger partial charge >= 0.3 is 0 Å². The first-order valence-corrected chi connectivity index (χ1v) is 11.8. The zero-order chi connectivity index (χ0) is 20.6. The maximum absolute atomic E-state index is 12.8. The van der Waals surface area contributed by atoms with Crippen molar-refractivity contribution in [3.05, 3.63) is 70.7 Å². The van der Waals surface area contributed by atoms with Gasteiger partial charge < -0.3 is 4.74 Å². The summed E-state index contributed by atoms with van der Waals surface area (Å²) in [5, 5.41) is 0.897. The second-order valence-electron chi connectivity index (χ2n) is 6.47. The Bertz CT molecular complexity index is 1300. The molecule has 0 amide bonds. The number of anilines is 1. The van der Waals surface area contributed by atoms with Crippen LogP contribution in [0.2, 0.25) is 0 Å². The standard InChI is InChI=1S/C21H17BrN2O3S2/c1-13-3-9-17-19(11-13)28-21(23-17)14-4-7-16(8-5-14)24-29(25,26)20-12-15(22)6-10-18(20)27-2/h3-12,24H,1-2H3. The van der Waals surface area contributed by atoms with E-state index in [1.807, 2.05) is 24.3 Å². The molecule has 0 radical (unpaired) electrons. The van der Waals surface area contributed by atoms with Crippen molar-refractivity contribution in [1.82, 2.24) is 4.98 Å². The molecular weight excluding hydrogens is 472 g/mol. The van der Waals surface area contributed by atoms with E-state index in [0.717, 1.165) is 20.8 Å². The molecule has 0 aliphatic carbocycles. The number of sulfonamides is 1. The van der Waals surface area contributed by atoms with Crippen LogP contribution in [-0.2, 0) is 10.0 Å². The Morgan fingerprint density at radius 1 is 1.03 bits per heavy atom. The number of hydrogen-bond donors (Lipinski definition) is 1. The van der Waals surface area contributed by atoms with E-state index >= 15 is 0 Å². The Kier molecular flexibility index (Phi) is 5.33. The van der Waals surface area contributed by atoms with Crippen LogP contribution in [0.25, 0.3) is 20.8 Å². The number of methoxy groups -OCH3 is 1. The predicted molar refractivity (Wildman–Crippen MR) is 121 cm³/mol. The Balaban J connectivity index is 1.61. The monoisotopic (exact) mass is 488 g/mol. The number of nitrogens with zero attached hydrogens (tertiary/aromatic N) is 1. The molecule has 29 heavy (non-hydrogen) atoms. The summed E-state index contributed by atoms with van der Waals surface area (Å²) in [6, 6.07) is 18.2. The Morgan fingerprint density at radius 2 is 1.79 bits per heavy atom. The number of benzene rings is 3. The van der Waals surface area contributed by atoms with Crippen LogP contribution >= 0.6 is 27.3 Å². The molecule has 5 nitrogen and oxygen atoms in total. The molecule has 148 valence electrons. The molecular formula is C21H17BrN2O3S2. The molecule has 4 rings (SSSR count). The fourth-order valence-electron chi connectivity index (χ4n) is 2.91. The first-order chi connectivity index (χ1) is 13.9. The molecule has 3 aromatic carbocycles. The lowest BCUT2D eigenvalue weighted by atomic mass is 10.2. The highest BCUT2D eigenvalue weighted by molar-refractivity contribution is 9.10. The van der Waals surface area contributed by atoms with Gasteiger partial charge in [-0.3, -0.25) is 4.72 Å². The van der Waals surface area contributed by atoms with Crippen molar-refractivity contribution in [2.45, 2.75) is 11.8 Å². The molecule has 0 saturated carbocycles. The maximum Gasteiger partial charge on any atom is 0.265 e. The van der Waals surface area contributed by atoms with Gasteiger partial charge in [-0.25, -0.2) is 13.4 Å². The summed E-state index contributed by atoms with van der Waals surface area (Å²) >= 11 is 4.92. The average Bonchev–Trinajstić information content (AvgIpc) is 3.11. The molecule has 0 aliphatic rings. The van der Waals surface area contributed by atoms with Crippen molar-refractivity contribution in [2.75, 3.05) is 11.8 Å². The van der Waals surface area contributed by atoms with Crippen LogP contribution in [0.15, 0.2) is 70.0 Å². The minimum atomic E-state index is -3.80. The summed E-state index contributed by atoms with van der Waals surface area (Å²) in [6.07, 6.45) is 0. The summed E-state index contributed by atoms with van der Waals surface area (Å²) in [6.45, 7) is 2.06. The minimum absolute atomic E-state index is 0.0694. The number of ether oxygens (including phenoxy) is 1. The lowest BCUT2D eigenvalue weighted by Gasteiger charge is -2.12. The van der Waals surface area contributed by atoms with Gasteiger partial charge in [-0.1, -0.05) is 22.0 Å². The van der Waals surface area contributed by atoms with Crippen LogP contribution in [-0.4, -0.2) is 20.5 Å². The summed E-state index contributed by atoms with van der Waals surface area (Å²) in [5.41, 5.74) is 3.56. The van der Waals surface area contributed by atoms with Gasteiger partial charge in [0.15, 0.2) is 0 Å². The Labute approximate surface area is 181 Å². The number of aromatic nitrogens is 1. The molecule has 8 heteroatoms. The van der Waals surface area contributed by atoms with Crippen LogP contribution in [0.3, 0.4) is 0 Å². The smallest absolute Gasteiger partial charge is 0.265 e. The zero-order valence-corrected chi connectivity index (χ0v) is 18.9. The van der Waals surface area contributed by atoms with E-state index in [2.05, 4.69) is 38.6 Å². The first-order valence-electron chi connectivity index (χ1n) is 8.70. The highest BCUT2D eigenvalue weighted by Gasteiger charge is 2.20. The average molecular weight is 489 g/mol. The Morgan fingerprint density at radius 3 is 2.52 bits per heavy atom. The van der Waals surface area contributed by atoms with Crippen molar-refractivity contribution in [2.24, 2.45) is 0 Å². The van der Waals surface area contributed by atoms with Gasteiger partial charge in [0.25, 0.3) is 10.0 Å². The maximum atomic E-state index is 12.8. The summed E-state index contributed by atoms with van der Waals surface area (Å²) in [4.78, 5) is 4.74. The highest BCUT2D eigenvalue weighted by Crippen LogP contribution is 2.32. The molecule has 0 aliphatic heterocycles. The van der Waals surface area contributed by atoms with E-state index < -0.39 is 10.0 Å². The molecule has 4 aromatic rings. The molecule has 0 fully saturated rings. The number of hydrogen-bond acceptors (Lipinski definition) is 5. The second-order valence-corrected chi connectivity index (χ2v) is 10.1. The number of thiazole rings is 1. The van der Waals surface area contributed by atoms with Crippen LogP contribution in [0.5, 0.6) is 5.75 Å². The van der Waals surface area contributed by atoms with Gasteiger partial charge in [0.1, 0.15) is 15.7 Å². The quantitative estimate of drug-likeness (QED) is 0.382. The third-order valence-electron chi connectivity index (χ3n) is 4.34. The third-order valence-corrected chi connectivity index (χ3v) is 7.31. The number of fused-ring (bicyclic) bond motifs is 1. The van der Waals surface area contributed by atoms with Gasteiger partial charge in [0.2, 0.25) is 0 Å². The number of halogens is 1. The molecule has 1 heterocycles. The normalized spacial score (nSPS) is 11.6. The fraction of sp³-hybridized carbons (Fsp3) is 0.0952. The molecule has 0 bridgehead atoms. The van der Waals surface area contributed by atoms with Crippen molar-refractivity contribution in [3.8, 4) is 16.3 Å². The molecule has 1 aromatic heterocycles. The summed E-state index contributed by atoms with van der Waals surface area (Å²) in [5.74, 6) is 0.280. The van der Waals surface area contributed by atoms with E-state index in [4.69, 9.17) is 4.74 Å². The molecule has 0 spiro atoms. The first kappa shape index (κ1) is 19.9. The number of rotatable bonds is 5. The van der Waals surface area contributed by atoms with Crippen molar-refractivity contribution in [3.63, 3.8) is 0 Å². The van der Waals surface area contributed by atoms with E-state index in [0.29, 0.717) is 10.2 Å². The van der Waals surface area contributed by atoms with Gasteiger partial charge in [-0.15, -0.1) is 11.3 Å². The van der Waals surface area contributed by atoms with Gasteiger partial charge in [0.05, 0.1) is 17.3 Å². The van der Waals surface area contributed by atoms with Crippen LogP contribution in [0, 0.1) is 6.92 Å². The molecule has 0 atom stereocenters. The summed E-state index contributed by atoms with van der Waals surface area (Å²) in [7, 11) is -2.36. The van der Waals surface area contributed by atoms with Crippen molar-refractivity contribution in [1.29, 1.82) is 0 Å². The number of nitrogens with one attached hydrogen (secondary N) is 1. The largest absolute Gasteiger partial charge is 0.495 e. The van der Waals surface area contributed by atoms with E-state index in [1.54, 1.807) is 35.6 Å². The fourth-order valence-corrected chi connectivity index (χ4v) is 5.74. The second kappa shape index (κ2) is 7.78. The van der Waals surface area contributed by atoms with E-state index in [1.165, 1.54) is 18.7 Å². The van der Waals surface area contributed by atoms with E-state index in [-0.39, 0.29) is 10.6 Å². The lowest BCUT2D eigenvalue weighted by molar-refractivity contribution is 0.403. The van der Waals surface area contributed by atoms with Crippen molar-refractivity contribution < 1.29 is 13.2 Å². The van der Waals surface area contributed by atoms with Gasteiger partial charge in [-0.2, -0.15) is 0 Å². The summed E-state index contributed by atoms with van der Waals surface area (Å²) < 4.78 is 35.2. The van der Waals surface area contributed by atoms with Gasteiger partial charge in [-0.05, 0) is 67.1 Å². The van der Waals surface area contributed by atoms with Crippen LogP contribution < -0.4 is 9.46 Å². The van der Waals surface area contributed by atoms with Crippen molar-refractivity contribution >= 4 is 53.2 Å². The minimum Gasteiger partial charge on any atom is -0.495 e. The topological polar surface area (TPSA) is 68.3 Å². The lowest BCUT2D eigenvalue weighted by Crippen LogP contribution is -2.14. The number of aryl methyl sites for hydroxylation is 1. The molecule has 0 unspecified atom stereocenters. The zero-order valence-electron chi connectivity index (χ0n) is 15.6. The van der Waals surface area contributed by atoms with Crippen LogP contribution in [0.1, 0.15) is 5.56 Å².